The van der Waals surface area contributed by atoms with E-state index in [4.69, 9.17) is 4.74 Å². The first kappa shape index (κ1) is 44.5. The summed E-state index contributed by atoms with van der Waals surface area (Å²) in [5.41, 5.74) is -1.40. The van der Waals surface area contributed by atoms with E-state index in [1.54, 1.807) is 36.7 Å². The molecule has 53 heavy (non-hydrogen) atoms. The predicted octanol–water partition coefficient (Wildman–Crippen LogP) is 5.49. The van der Waals surface area contributed by atoms with Crippen LogP contribution in [0.25, 0.3) is 0 Å². The second-order valence-electron chi connectivity index (χ2n) is 13.3. The lowest BCUT2D eigenvalue weighted by molar-refractivity contribution is -0.172. The van der Waals surface area contributed by atoms with E-state index in [0.29, 0.717) is 50.1 Å². The summed E-state index contributed by atoms with van der Waals surface area (Å²) in [4.78, 5) is 65.4. The van der Waals surface area contributed by atoms with Crippen molar-refractivity contribution in [2.45, 2.75) is 121 Å². The molecule has 0 aliphatic rings. The number of carbonyl (C=O) groups excluding carboxylic acids is 2. The number of Topliss-reactive ketones (excluding diaryl/α,β-unsaturated/α-hetero) is 1. The Kier molecular flexibility index (Phi) is 21.3. The molecule has 2 aromatic rings. The first-order chi connectivity index (χ1) is 25.5. The Hall–Kier alpha value is -4.62. The summed E-state index contributed by atoms with van der Waals surface area (Å²) in [6, 6.07) is 9.01. The number of aromatic nitrogens is 1. The van der Waals surface area contributed by atoms with Crippen LogP contribution in [0.2, 0.25) is 0 Å². The number of carbonyl (C=O) groups is 5. The molecule has 6 N–H and O–H groups in total. The van der Waals surface area contributed by atoms with Gasteiger partial charge in [-0.3, -0.25) is 19.4 Å². The quantitative estimate of drug-likeness (QED) is 0.0434. The fourth-order valence-electron chi connectivity index (χ4n) is 5.78. The lowest BCUT2D eigenvalue weighted by Gasteiger charge is -2.29. The van der Waals surface area contributed by atoms with Gasteiger partial charge in [-0.25, -0.2) is 9.59 Å². The Bertz CT molecular complexity index is 1430. The zero-order chi connectivity index (χ0) is 38.9. The summed E-state index contributed by atoms with van der Waals surface area (Å²) in [6.45, 7) is 4.02. The van der Waals surface area contributed by atoms with Gasteiger partial charge in [-0.05, 0) is 68.0 Å². The predicted molar refractivity (Wildman–Crippen MR) is 199 cm³/mol. The minimum atomic E-state index is -3.03. The average Bonchev–Trinajstić information content (AvgIpc) is 3.12. The number of rotatable bonds is 30. The lowest BCUT2D eigenvalue weighted by atomic mass is 9.82. The maximum absolute atomic E-state index is 13.4. The molecule has 0 aliphatic carbocycles. The molecule has 1 aromatic carbocycles. The van der Waals surface area contributed by atoms with Crippen LogP contribution in [0.4, 0.5) is 0 Å². The molecule has 1 aromatic heterocycles. The van der Waals surface area contributed by atoms with Crippen molar-refractivity contribution in [3.05, 3.63) is 72.1 Å². The highest BCUT2D eigenvalue weighted by atomic mass is 16.5. The largest absolute Gasteiger partial charge is 0.494 e. The zero-order valence-electron chi connectivity index (χ0n) is 30.8. The number of hydrogen-bond donors (Lipinski definition) is 6. The number of aliphatic hydroxyl groups is 1. The maximum atomic E-state index is 13.4. The molecule has 0 saturated carbocycles. The SMILES string of the molecule is CCCCCCCC(=O)CCCCCC/C=C/[C@H](C(=O)N[C@@H](Cc1ccc(OCCCNCc2cccnc2)cc1)C(=O)O)[C@@](O)(CC(=O)O)C(=O)O. The third-order valence-corrected chi connectivity index (χ3v) is 8.85. The van der Waals surface area contributed by atoms with E-state index >= 15 is 0 Å². The molecule has 13 heteroatoms. The average molecular weight is 740 g/mol. The van der Waals surface area contributed by atoms with Crippen molar-refractivity contribution in [1.82, 2.24) is 15.6 Å². The smallest absolute Gasteiger partial charge is 0.337 e. The third-order valence-electron chi connectivity index (χ3n) is 8.85. The highest BCUT2D eigenvalue weighted by Crippen LogP contribution is 2.26. The topological polar surface area (TPSA) is 212 Å². The molecule has 0 aliphatic heterocycles. The van der Waals surface area contributed by atoms with E-state index in [1.807, 2.05) is 12.1 Å². The number of benzene rings is 1. The molecule has 0 unspecified atom stereocenters. The number of pyridine rings is 1. The summed E-state index contributed by atoms with van der Waals surface area (Å²) in [6.07, 6.45) is 15.5. The van der Waals surface area contributed by atoms with E-state index in [-0.39, 0.29) is 12.2 Å². The molecule has 0 fully saturated rings. The van der Waals surface area contributed by atoms with Crippen LogP contribution in [-0.2, 0) is 36.9 Å². The second kappa shape index (κ2) is 25.4. The number of aliphatic carboxylic acids is 3. The van der Waals surface area contributed by atoms with Crippen LogP contribution in [0.1, 0.15) is 108 Å². The highest BCUT2D eigenvalue weighted by Gasteiger charge is 2.49. The molecule has 3 atom stereocenters. The number of unbranched alkanes of at least 4 members (excludes halogenated alkanes) is 8. The number of ether oxygens (including phenoxy) is 1. The molecule has 292 valence electrons. The van der Waals surface area contributed by atoms with Crippen molar-refractivity contribution in [3.8, 4) is 5.75 Å². The first-order valence-electron chi connectivity index (χ1n) is 18.7. The van der Waals surface area contributed by atoms with Gasteiger partial charge in [0.2, 0.25) is 5.91 Å². The third kappa shape index (κ3) is 18.1. The van der Waals surface area contributed by atoms with E-state index in [2.05, 4.69) is 22.5 Å². The van der Waals surface area contributed by atoms with Gasteiger partial charge in [0.1, 0.15) is 17.6 Å². The Balaban J connectivity index is 1.91. The van der Waals surface area contributed by atoms with Crippen molar-refractivity contribution in [2.24, 2.45) is 5.92 Å². The van der Waals surface area contributed by atoms with Gasteiger partial charge in [0.05, 0.1) is 18.9 Å². The number of ketones is 1. The van der Waals surface area contributed by atoms with E-state index in [0.717, 1.165) is 69.6 Å². The Morgan fingerprint density at radius 3 is 2.15 bits per heavy atom. The molecule has 1 heterocycles. The van der Waals surface area contributed by atoms with E-state index < -0.39 is 47.8 Å². The lowest BCUT2D eigenvalue weighted by Crippen LogP contribution is -2.55. The Labute approximate surface area is 312 Å². The highest BCUT2D eigenvalue weighted by molar-refractivity contribution is 5.94. The summed E-state index contributed by atoms with van der Waals surface area (Å²) in [7, 11) is 0. The van der Waals surface area contributed by atoms with E-state index in [1.165, 1.54) is 12.5 Å². The van der Waals surface area contributed by atoms with Gasteiger partial charge in [-0.2, -0.15) is 0 Å². The number of nitrogens with one attached hydrogen (secondary N) is 2. The Morgan fingerprint density at radius 2 is 1.55 bits per heavy atom. The summed E-state index contributed by atoms with van der Waals surface area (Å²) in [5, 5.41) is 45.6. The minimum absolute atomic E-state index is 0.165. The molecular formula is C40H57N3O10. The number of carboxylic acids is 3. The van der Waals surface area contributed by atoms with Crippen LogP contribution >= 0.6 is 0 Å². The standard InChI is InChI=1S/C40H57N3O10/c1-2-3-4-7-10-16-32(44)17-11-8-5-6-9-12-18-34(40(52,39(50)51)27-36(45)46)37(47)43-35(38(48)49)26-30-19-21-33(22-20-30)53-25-14-24-42-29-31-15-13-23-41-28-31/h12-13,15,18-23,28,34-35,42,52H,2-11,14,16-17,24-27,29H2,1H3,(H,43,47)(H,45,46)(H,48,49)(H,50,51)/b18-12+/t34-,35+,40+/m1/s1. The normalized spacial score (nSPS) is 13.5. The fourth-order valence-corrected chi connectivity index (χ4v) is 5.78. The minimum Gasteiger partial charge on any atom is -0.494 e. The zero-order valence-corrected chi connectivity index (χ0v) is 30.8. The van der Waals surface area contributed by atoms with Gasteiger partial charge >= 0.3 is 17.9 Å². The van der Waals surface area contributed by atoms with Crippen molar-refractivity contribution >= 4 is 29.6 Å². The Morgan fingerprint density at radius 1 is 0.868 bits per heavy atom. The number of allylic oxidation sites excluding steroid dienone is 1. The van der Waals surface area contributed by atoms with Crippen LogP contribution in [0.15, 0.2) is 60.9 Å². The van der Waals surface area contributed by atoms with Crippen LogP contribution in [0, 0.1) is 5.92 Å². The van der Waals surface area contributed by atoms with Gasteiger partial charge < -0.3 is 35.8 Å². The molecular weight excluding hydrogens is 682 g/mol. The van der Waals surface area contributed by atoms with Gasteiger partial charge in [0.25, 0.3) is 0 Å². The summed E-state index contributed by atoms with van der Waals surface area (Å²) in [5.74, 6) is -7.15. The summed E-state index contributed by atoms with van der Waals surface area (Å²) < 4.78 is 5.77. The molecule has 0 bridgehead atoms. The van der Waals surface area contributed by atoms with Gasteiger partial charge in [-0.15, -0.1) is 0 Å². The molecule has 13 nitrogen and oxygen atoms in total. The van der Waals surface area contributed by atoms with Crippen molar-refractivity contribution in [1.29, 1.82) is 0 Å². The number of hydrogen-bond acceptors (Lipinski definition) is 9. The number of nitrogens with zero attached hydrogens (tertiary/aromatic N) is 1. The number of amides is 1. The molecule has 1 amide bonds. The van der Waals surface area contributed by atoms with Crippen LogP contribution in [0.3, 0.4) is 0 Å². The van der Waals surface area contributed by atoms with Crippen LogP contribution in [-0.4, -0.2) is 79.8 Å². The summed E-state index contributed by atoms with van der Waals surface area (Å²) >= 11 is 0. The number of carboxylic acid groups (broad SMARTS) is 3. The molecule has 0 saturated heterocycles. The van der Waals surface area contributed by atoms with Crippen molar-refractivity contribution in [3.63, 3.8) is 0 Å². The second-order valence-corrected chi connectivity index (χ2v) is 13.3. The van der Waals surface area contributed by atoms with Gasteiger partial charge in [0.15, 0.2) is 5.60 Å². The van der Waals surface area contributed by atoms with Crippen LogP contribution in [0.5, 0.6) is 5.75 Å². The fraction of sp³-hybridized carbons (Fsp3) is 0.550. The first-order valence-corrected chi connectivity index (χ1v) is 18.7. The van der Waals surface area contributed by atoms with E-state index in [9.17, 15) is 44.4 Å². The van der Waals surface area contributed by atoms with Crippen molar-refractivity contribution in [2.75, 3.05) is 13.2 Å². The molecule has 0 spiro atoms. The molecule has 2 rings (SSSR count). The van der Waals surface area contributed by atoms with Gasteiger partial charge in [0, 0.05) is 38.2 Å². The van der Waals surface area contributed by atoms with Crippen molar-refractivity contribution < 1.29 is 49.1 Å². The maximum Gasteiger partial charge on any atom is 0.337 e. The van der Waals surface area contributed by atoms with Crippen LogP contribution < -0.4 is 15.4 Å². The monoisotopic (exact) mass is 739 g/mol. The molecule has 0 radical (unpaired) electrons. The van der Waals surface area contributed by atoms with Gasteiger partial charge in [-0.1, -0.05) is 75.8 Å².